The number of ether oxygens (including phenoxy) is 2. The number of carbonyl (C=O) groups excluding carboxylic acids is 1. The SMILES string of the molecule is COCCCNC(=O)c1c[nH]c2ncc(-c3ccc(S(=O)(=O)N4CCN(C)CC4)c(OC(F)(F)F)c3)cc12.Cl. The van der Waals surface area contributed by atoms with Crippen LogP contribution >= 0.6 is 12.4 Å². The van der Waals surface area contributed by atoms with Gasteiger partial charge in [-0.05, 0) is 37.2 Å². The second kappa shape index (κ2) is 12.5. The molecule has 15 heteroatoms. The van der Waals surface area contributed by atoms with Gasteiger partial charge in [0.15, 0.2) is 0 Å². The van der Waals surface area contributed by atoms with E-state index in [1.54, 1.807) is 13.2 Å². The molecule has 39 heavy (non-hydrogen) atoms. The number of aromatic nitrogens is 2. The monoisotopic (exact) mass is 591 g/mol. The van der Waals surface area contributed by atoms with Gasteiger partial charge < -0.3 is 24.7 Å². The van der Waals surface area contributed by atoms with Crippen molar-refractivity contribution in [3.63, 3.8) is 0 Å². The number of methoxy groups -OCH3 is 1. The van der Waals surface area contributed by atoms with E-state index in [-0.39, 0.29) is 37.0 Å². The number of aromatic amines is 1. The molecule has 0 radical (unpaired) electrons. The van der Waals surface area contributed by atoms with Crippen molar-refractivity contribution in [2.24, 2.45) is 0 Å². The fourth-order valence-corrected chi connectivity index (χ4v) is 5.65. The zero-order chi connectivity index (χ0) is 27.5. The number of alkyl halides is 3. The van der Waals surface area contributed by atoms with Gasteiger partial charge in [-0.2, -0.15) is 4.31 Å². The lowest BCUT2D eigenvalue weighted by atomic mass is 10.1. The molecule has 1 aliphatic heterocycles. The highest BCUT2D eigenvalue weighted by atomic mass is 35.5. The topological polar surface area (TPSA) is 117 Å². The summed E-state index contributed by atoms with van der Waals surface area (Å²) in [5.74, 6) is -1.18. The molecule has 1 fully saturated rings. The maximum Gasteiger partial charge on any atom is 0.573 e. The molecule has 2 N–H and O–H groups in total. The number of sulfonamides is 1. The number of likely N-dealkylation sites (N-methyl/N-ethyl adjacent to an activating group) is 1. The first kappa shape index (κ1) is 30.6. The van der Waals surface area contributed by atoms with Gasteiger partial charge in [0.25, 0.3) is 5.91 Å². The molecule has 214 valence electrons. The Bertz CT molecular complexity index is 1410. The van der Waals surface area contributed by atoms with Gasteiger partial charge in [0.05, 0.1) is 5.56 Å². The van der Waals surface area contributed by atoms with E-state index < -0.39 is 27.0 Å². The summed E-state index contributed by atoms with van der Waals surface area (Å²) >= 11 is 0. The molecule has 0 bridgehead atoms. The summed E-state index contributed by atoms with van der Waals surface area (Å²) < 4.78 is 76.6. The Morgan fingerprint density at radius 1 is 1.15 bits per heavy atom. The first-order valence-corrected chi connectivity index (χ1v) is 13.3. The Morgan fingerprint density at radius 2 is 1.87 bits per heavy atom. The zero-order valence-electron chi connectivity index (χ0n) is 21.2. The summed E-state index contributed by atoms with van der Waals surface area (Å²) in [6, 6.07) is 5.13. The van der Waals surface area contributed by atoms with Crippen molar-refractivity contribution in [2.75, 3.05) is 53.5 Å². The number of pyridine rings is 1. The number of H-pyrrole nitrogens is 1. The molecule has 3 heterocycles. The highest BCUT2D eigenvalue weighted by molar-refractivity contribution is 7.89. The van der Waals surface area contributed by atoms with Crippen LogP contribution in [0.2, 0.25) is 0 Å². The number of hydrogen-bond acceptors (Lipinski definition) is 7. The number of fused-ring (bicyclic) bond motifs is 1. The van der Waals surface area contributed by atoms with Crippen molar-refractivity contribution in [1.29, 1.82) is 0 Å². The van der Waals surface area contributed by atoms with Gasteiger partial charge in [-0.25, -0.2) is 13.4 Å². The van der Waals surface area contributed by atoms with Crippen LogP contribution in [0.1, 0.15) is 16.8 Å². The Kier molecular flexibility index (Phi) is 9.83. The second-order valence-electron chi connectivity index (χ2n) is 8.84. The largest absolute Gasteiger partial charge is 0.573 e. The molecule has 1 aromatic carbocycles. The number of halogens is 4. The van der Waals surface area contributed by atoms with E-state index >= 15 is 0 Å². The minimum absolute atomic E-state index is 0. The number of nitrogens with zero attached hydrogens (tertiary/aromatic N) is 3. The maximum atomic E-state index is 13.3. The standard InChI is InChI=1S/C24H28F3N5O5S.ClH/c1-31-7-9-32(10-8-31)38(34,35)21-5-4-16(13-20(21)37-24(25,26)27)17-12-18-19(15-30-22(18)29-14-17)23(33)28-6-3-11-36-2;/h4-5,12-15H,3,6-11H2,1-2H3,(H,28,33)(H,29,30);1H. The number of hydrogen-bond donors (Lipinski definition) is 2. The first-order chi connectivity index (χ1) is 18.0. The predicted molar refractivity (Wildman–Crippen MR) is 141 cm³/mol. The normalized spacial score (nSPS) is 15.2. The lowest BCUT2D eigenvalue weighted by molar-refractivity contribution is -0.275. The Labute approximate surface area is 229 Å². The highest BCUT2D eigenvalue weighted by Gasteiger charge is 2.36. The molecule has 0 atom stereocenters. The second-order valence-corrected chi connectivity index (χ2v) is 10.7. The third-order valence-corrected chi connectivity index (χ3v) is 8.11. The van der Waals surface area contributed by atoms with Crippen LogP contribution in [0.15, 0.2) is 41.6 Å². The minimum Gasteiger partial charge on any atom is -0.404 e. The fraction of sp³-hybridized carbons (Fsp3) is 0.417. The molecular formula is C24H29ClF3N5O5S. The van der Waals surface area contributed by atoms with Crippen molar-refractivity contribution >= 4 is 39.4 Å². The van der Waals surface area contributed by atoms with Gasteiger partial charge in [-0.3, -0.25) is 4.79 Å². The average molecular weight is 592 g/mol. The Balaban J connectivity index is 0.00000420. The molecule has 1 amide bonds. The predicted octanol–water partition coefficient (Wildman–Crippen LogP) is 3.25. The number of rotatable bonds is 9. The molecule has 1 aliphatic rings. The van der Waals surface area contributed by atoms with Crippen molar-refractivity contribution < 1.29 is 35.9 Å². The molecule has 1 saturated heterocycles. The number of nitrogens with one attached hydrogen (secondary N) is 2. The maximum absolute atomic E-state index is 13.3. The number of carbonyl (C=O) groups is 1. The quantitative estimate of drug-likeness (QED) is 0.367. The van der Waals surface area contributed by atoms with E-state index in [2.05, 4.69) is 20.0 Å². The van der Waals surface area contributed by atoms with E-state index in [0.29, 0.717) is 54.8 Å². The van der Waals surface area contributed by atoms with Gasteiger partial charge in [-0.15, -0.1) is 25.6 Å². The smallest absolute Gasteiger partial charge is 0.404 e. The van der Waals surface area contributed by atoms with Crippen LogP contribution in [0.25, 0.3) is 22.2 Å². The summed E-state index contributed by atoms with van der Waals surface area (Å²) in [4.78, 5) is 21.2. The van der Waals surface area contributed by atoms with Gasteiger partial charge in [0, 0.05) is 69.8 Å². The van der Waals surface area contributed by atoms with Gasteiger partial charge >= 0.3 is 6.36 Å². The van der Waals surface area contributed by atoms with Crippen molar-refractivity contribution in [1.82, 2.24) is 24.5 Å². The third-order valence-electron chi connectivity index (χ3n) is 6.17. The number of benzene rings is 1. The van der Waals surface area contributed by atoms with Crippen LogP contribution in [0.4, 0.5) is 13.2 Å². The minimum atomic E-state index is -5.11. The van der Waals surface area contributed by atoms with Gasteiger partial charge in [0.1, 0.15) is 16.3 Å². The molecule has 0 unspecified atom stereocenters. The molecule has 0 saturated carbocycles. The third kappa shape index (κ3) is 7.19. The Morgan fingerprint density at radius 3 is 2.54 bits per heavy atom. The molecular weight excluding hydrogens is 563 g/mol. The Hall–Kier alpha value is -2.91. The first-order valence-electron chi connectivity index (χ1n) is 11.8. The van der Waals surface area contributed by atoms with Crippen LogP contribution in [0.5, 0.6) is 5.75 Å². The summed E-state index contributed by atoms with van der Waals surface area (Å²) in [5, 5.41) is 3.24. The zero-order valence-corrected chi connectivity index (χ0v) is 22.9. The molecule has 10 nitrogen and oxygen atoms in total. The van der Waals surface area contributed by atoms with Crippen LogP contribution in [-0.2, 0) is 14.8 Å². The fourth-order valence-electron chi connectivity index (χ4n) is 4.14. The van der Waals surface area contributed by atoms with Crippen molar-refractivity contribution in [3.05, 3.63) is 42.2 Å². The summed E-state index contributed by atoms with van der Waals surface area (Å²) in [5.41, 5.74) is 1.34. The number of piperazine rings is 1. The average Bonchev–Trinajstić information content (AvgIpc) is 3.29. The molecule has 2 aromatic heterocycles. The summed E-state index contributed by atoms with van der Waals surface area (Å²) in [6.07, 6.45) is -1.57. The van der Waals surface area contributed by atoms with Gasteiger partial charge in [-0.1, -0.05) is 6.07 Å². The summed E-state index contributed by atoms with van der Waals surface area (Å²) in [7, 11) is -0.845. The van der Waals surface area contributed by atoms with E-state index in [1.165, 1.54) is 18.5 Å². The van der Waals surface area contributed by atoms with Crippen molar-refractivity contribution in [2.45, 2.75) is 17.7 Å². The number of amides is 1. The van der Waals surface area contributed by atoms with E-state index in [1.807, 2.05) is 11.9 Å². The van der Waals surface area contributed by atoms with Crippen LogP contribution in [0.3, 0.4) is 0 Å². The van der Waals surface area contributed by atoms with Crippen LogP contribution < -0.4 is 10.1 Å². The van der Waals surface area contributed by atoms with Crippen molar-refractivity contribution in [3.8, 4) is 16.9 Å². The molecule has 4 rings (SSSR count). The van der Waals surface area contributed by atoms with Crippen LogP contribution in [-0.4, -0.2) is 93.3 Å². The molecule has 0 aliphatic carbocycles. The highest BCUT2D eigenvalue weighted by Crippen LogP contribution is 2.36. The van der Waals surface area contributed by atoms with E-state index in [9.17, 15) is 26.4 Å². The van der Waals surface area contributed by atoms with Gasteiger partial charge in [0.2, 0.25) is 10.0 Å². The lowest BCUT2D eigenvalue weighted by Gasteiger charge is -2.32. The molecule has 0 spiro atoms. The summed E-state index contributed by atoms with van der Waals surface area (Å²) in [6.45, 7) is 2.10. The lowest BCUT2D eigenvalue weighted by Crippen LogP contribution is -2.47. The van der Waals surface area contributed by atoms with E-state index in [4.69, 9.17) is 4.74 Å². The van der Waals surface area contributed by atoms with Crippen LogP contribution in [0, 0.1) is 0 Å². The van der Waals surface area contributed by atoms with E-state index in [0.717, 1.165) is 16.4 Å². The molecule has 3 aromatic rings.